The molecule has 118 valence electrons. The quantitative estimate of drug-likeness (QED) is 0.840. The first-order chi connectivity index (χ1) is 9.92. The predicted molar refractivity (Wildman–Crippen MR) is 82.5 cm³/mol. The Balaban J connectivity index is 2.99. The van der Waals surface area contributed by atoms with Crippen molar-refractivity contribution < 1.29 is 19.0 Å². The van der Waals surface area contributed by atoms with E-state index in [2.05, 4.69) is 19.2 Å². The molecule has 0 aromatic heterocycles. The number of rotatable bonds is 7. The van der Waals surface area contributed by atoms with Crippen molar-refractivity contribution in [3.63, 3.8) is 0 Å². The second-order valence-corrected chi connectivity index (χ2v) is 5.42. The third kappa shape index (κ3) is 4.55. The first-order valence-electron chi connectivity index (χ1n) is 7.03. The summed E-state index contributed by atoms with van der Waals surface area (Å²) in [6, 6.07) is 3.41. The number of hydrogen-bond acceptors (Lipinski definition) is 4. The average Bonchev–Trinajstić information content (AvgIpc) is 2.44. The van der Waals surface area contributed by atoms with E-state index in [9.17, 15) is 4.79 Å². The molecule has 0 unspecified atom stereocenters. The molecule has 0 saturated heterocycles. The van der Waals surface area contributed by atoms with Crippen molar-refractivity contribution in [2.45, 2.75) is 33.2 Å². The number of hydrogen-bond donors (Lipinski definition) is 1. The van der Waals surface area contributed by atoms with E-state index in [-0.39, 0.29) is 11.9 Å². The lowest BCUT2D eigenvalue weighted by atomic mass is 10.0. The second kappa shape index (κ2) is 7.76. The summed E-state index contributed by atoms with van der Waals surface area (Å²) < 4.78 is 15.8. The third-order valence-corrected chi connectivity index (χ3v) is 3.13. The fourth-order valence-corrected chi connectivity index (χ4v) is 2.29. The van der Waals surface area contributed by atoms with Crippen molar-refractivity contribution in [1.29, 1.82) is 0 Å². The van der Waals surface area contributed by atoms with E-state index in [0.29, 0.717) is 28.7 Å². The van der Waals surface area contributed by atoms with E-state index in [1.807, 2.05) is 6.92 Å². The fraction of sp³-hybridized carbons (Fsp3) is 0.562. The fourth-order valence-electron chi connectivity index (χ4n) is 2.29. The molecule has 0 aliphatic rings. The van der Waals surface area contributed by atoms with Gasteiger partial charge in [0.15, 0.2) is 11.5 Å². The minimum absolute atomic E-state index is 0.108. The van der Waals surface area contributed by atoms with E-state index < -0.39 is 0 Å². The molecule has 1 amide bonds. The first kappa shape index (κ1) is 17.1. The van der Waals surface area contributed by atoms with E-state index in [1.54, 1.807) is 12.1 Å². The molecular weight excluding hydrogens is 270 g/mol. The van der Waals surface area contributed by atoms with E-state index in [0.717, 1.165) is 6.42 Å². The smallest absolute Gasteiger partial charge is 0.251 e. The van der Waals surface area contributed by atoms with Gasteiger partial charge in [0.05, 0.1) is 21.3 Å². The van der Waals surface area contributed by atoms with E-state index in [4.69, 9.17) is 14.2 Å². The normalized spacial score (nSPS) is 12.0. The number of ether oxygens (including phenoxy) is 3. The zero-order chi connectivity index (χ0) is 16.0. The Morgan fingerprint density at radius 3 is 1.95 bits per heavy atom. The highest BCUT2D eigenvalue weighted by Crippen LogP contribution is 2.38. The molecule has 0 heterocycles. The van der Waals surface area contributed by atoms with E-state index >= 15 is 0 Å². The van der Waals surface area contributed by atoms with Gasteiger partial charge >= 0.3 is 0 Å². The van der Waals surface area contributed by atoms with Crippen LogP contribution in [0.1, 0.15) is 37.6 Å². The molecule has 5 heteroatoms. The molecule has 1 aromatic carbocycles. The van der Waals surface area contributed by atoms with Crippen LogP contribution in [0.25, 0.3) is 0 Å². The zero-order valence-corrected chi connectivity index (χ0v) is 13.6. The van der Waals surface area contributed by atoms with Gasteiger partial charge in [0.1, 0.15) is 0 Å². The van der Waals surface area contributed by atoms with Gasteiger partial charge in [-0.2, -0.15) is 0 Å². The van der Waals surface area contributed by atoms with Crippen molar-refractivity contribution in [3.8, 4) is 17.2 Å². The summed E-state index contributed by atoms with van der Waals surface area (Å²) in [4.78, 5) is 12.3. The number of nitrogens with one attached hydrogen (secondary N) is 1. The monoisotopic (exact) mass is 295 g/mol. The Morgan fingerprint density at radius 1 is 1.05 bits per heavy atom. The van der Waals surface area contributed by atoms with Gasteiger partial charge in [0, 0.05) is 11.6 Å². The van der Waals surface area contributed by atoms with Crippen molar-refractivity contribution in [3.05, 3.63) is 17.7 Å². The third-order valence-electron chi connectivity index (χ3n) is 3.13. The minimum Gasteiger partial charge on any atom is -0.493 e. The molecule has 0 fully saturated rings. The Kier molecular flexibility index (Phi) is 6.34. The Morgan fingerprint density at radius 2 is 1.57 bits per heavy atom. The summed E-state index contributed by atoms with van der Waals surface area (Å²) in [5.74, 6) is 1.80. The average molecular weight is 295 g/mol. The summed E-state index contributed by atoms with van der Waals surface area (Å²) in [5.41, 5.74) is 0.486. The van der Waals surface area contributed by atoms with Gasteiger partial charge in [-0.05, 0) is 31.4 Å². The van der Waals surface area contributed by atoms with Crippen molar-refractivity contribution in [2.75, 3.05) is 21.3 Å². The molecule has 0 spiro atoms. The zero-order valence-electron chi connectivity index (χ0n) is 13.6. The van der Waals surface area contributed by atoms with Crippen molar-refractivity contribution in [2.24, 2.45) is 5.92 Å². The lowest BCUT2D eigenvalue weighted by Crippen LogP contribution is -2.33. The van der Waals surface area contributed by atoms with Gasteiger partial charge < -0.3 is 19.5 Å². The first-order valence-corrected chi connectivity index (χ1v) is 7.03. The highest BCUT2D eigenvalue weighted by Gasteiger charge is 2.18. The maximum Gasteiger partial charge on any atom is 0.251 e. The van der Waals surface area contributed by atoms with Crippen molar-refractivity contribution >= 4 is 5.91 Å². The maximum atomic E-state index is 12.3. The molecule has 21 heavy (non-hydrogen) atoms. The molecule has 0 radical (unpaired) electrons. The summed E-state index contributed by atoms with van der Waals surface area (Å²) >= 11 is 0. The van der Waals surface area contributed by atoms with Gasteiger partial charge in [0.25, 0.3) is 5.91 Å². The topological polar surface area (TPSA) is 56.8 Å². The standard InChI is InChI=1S/C16H25NO4/c1-10(2)7-11(3)17-16(18)12-8-13(19-4)15(21-6)14(9-12)20-5/h8-11H,7H2,1-6H3,(H,17,18)/t11-/m1/s1. The predicted octanol–water partition coefficient (Wildman–Crippen LogP) is 2.88. The van der Waals surface area contributed by atoms with Gasteiger partial charge in [-0.15, -0.1) is 0 Å². The molecule has 1 rings (SSSR count). The van der Waals surface area contributed by atoms with Gasteiger partial charge in [-0.25, -0.2) is 0 Å². The molecule has 1 N–H and O–H groups in total. The largest absolute Gasteiger partial charge is 0.493 e. The number of amides is 1. The summed E-state index contributed by atoms with van der Waals surface area (Å²) in [5, 5.41) is 2.98. The number of carbonyl (C=O) groups excluding carboxylic acids is 1. The SMILES string of the molecule is COc1cc(C(=O)N[C@H](C)CC(C)C)cc(OC)c1OC. The van der Waals surface area contributed by atoms with Crippen molar-refractivity contribution in [1.82, 2.24) is 5.32 Å². The van der Waals surface area contributed by atoms with Gasteiger partial charge in [-0.1, -0.05) is 13.8 Å². The molecule has 0 aliphatic carbocycles. The molecule has 1 atom stereocenters. The molecule has 1 aromatic rings. The number of methoxy groups -OCH3 is 3. The second-order valence-electron chi connectivity index (χ2n) is 5.42. The van der Waals surface area contributed by atoms with Crippen LogP contribution in [0.3, 0.4) is 0 Å². The summed E-state index contributed by atoms with van der Waals surface area (Å²) in [6.45, 7) is 6.25. The molecule has 0 aliphatic heterocycles. The highest BCUT2D eigenvalue weighted by molar-refractivity contribution is 5.95. The van der Waals surface area contributed by atoms with Crippen LogP contribution >= 0.6 is 0 Å². The highest BCUT2D eigenvalue weighted by atomic mass is 16.5. The van der Waals surface area contributed by atoms with Crippen LogP contribution in [0, 0.1) is 5.92 Å². The molecule has 0 saturated carbocycles. The van der Waals surface area contributed by atoms with Crippen LogP contribution in [0.5, 0.6) is 17.2 Å². The lowest BCUT2D eigenvalue weighted by Gasteiger charge is -2.17. The molecule has 0 bridgehead atoms. The van der Waals surface area contributed by atoms with Gasteiger partial charge in [-0.3, -0.25) is 4.79 Å². The van der Waals surface area contributed by atoms with Crippen LogP contribution < -0.4 is 19.5 Å². The number of carbonyl (C=O) groups is 1. The number of benzene rings is 1. The van der Waals surface area contributed by atoms with E-state index in [1.165, 1.54) is 21.3 Å². The summed E-state index contributed by atoms with van der Waals surface area (Å²) in [6.07, 6.45) is 0.927. The van der Waals surface area contributed by atoms with Crippen LogP contribution in [0.15, 0.2) is 12.1 Å². The Bertz CT molecular complexity index is 460. The van der Waals surface area contributed by atoms with Crippen LogP contribution in [-0.4, -0.2) is 33.3 Å². The minimum atomic E-state index is -0.151. The van der Waals surface area contributed by atoms with Gasteiger partial charge in [0.2, 0.25) is 5.75 Å². The molecule has 5 nitrogen and oxygen atoms in total. The Labute approximate surface area is 126 Å². The van der Waals surface area contributed by atoms with Crippen LogP contribution in [0.2, 0.25) is 0 Å². The molecular formula is C16H25NO4. The Hall–Kier alpha value is -1.91. The van der Waals surface area contributed by atoms with Crippen LogP contribution in [0.4, 0.5) is 0 Å². The summed E-state index contributed by atoms with van der Waals surface area (Å²) in [7, 11) is 4.59. The van der Waals surface area contributed by atoms with Crippen LogP contribution in [-0.2, 0) is 0 Å². The lowest BCUT2D eigenvalue weighted by molar-refractivity contribution is 0.0935. The maximum absolute atomic E-state index is 12.3.